The second-order valence-electron chi connectivity index (χ2n) is 4.47. The quantitative estimate of drug-likeness (QED) is 0.624. The van der Waals surface area contributed by atoms with Crippen molar-refractivity contribution in [2.75, 3.05) is 19.1 Å². The highest BCUT2D eigenvalue weighted by atomic mass is 79.9. The fourth-order valence-electron chi connectivity index (χ4n) is 1.98. The molecule has 2 aromatic carbocycles. The van der Waals surface area contributed by atoms with E-state index in [1.165, 1.54) is 0 Å². The zero-order valence-electron chi connectivity index (χ0n) is 12.5. The number of nitrogens with one attached hydrogen (secondary N) is 2. The van der Waals surface area contributed by atoms with Gasteiger partial charge >= 0.3 is 0 Å². The fraction of sp³-hybridized carbons (Fsp3) is 0.250. The van der Waals surface area contributed by atoms with Gasteiger partial charge in [0, 0.05) is 16.7 Å². The van der Waals surface area contributed by atoms with Crippen molar-refractivity contribution in [1.82, 2.24) is 5.43 Å². The summed E-state index contributed by atoms with van der Waals surface area (Å²) in [6.07, 6.45) is 0. The van der Waals surface area contributed by atoms with Crippen molar-refractivity contribution in [3.8, 4) is 11.5 Å². The van der Waals surface area contributed by atoms with Gasteiger partial charge in [0.15, 0.2) is 11.5 Å². The Morgan fingerprint density at radius 1 is 1.09 bits per heavy atom. The number of hydrogen-bond acceptors (Lipinski definition) is 4. The van der Waals surface area contributed by atoms with Gasteiger partial charge in [-0.25, -0.2) is 5.43 Å². The van der Waals surface area contributed by atoms with Crippen LogP contribution in [0.5, 0.6) is 11.5 Å². The van der Waals surface area contributed by atoms with Gasteiger partial charge < -0.3 is 14.9 Å². The number of ether oxygens (including phenoxy) is 2. The molecule has 0 aromatic heterocycles. The van der Waals surface area contributed by atoms with Gasteiger partial charge in [0.1, 0.15) is 0 Å². The first kappa shape index (κ1) is 17.1. The Hall–Kier alpha value is -1.24. The monoisotopic (exact) mass is 428 g/mol. The van der Waals surface area contributed by atoms with Crippen molar-refractivity contribution >= 4 is 37.5 Å². The van der Waals surface area contributed by atoms with Crippen molar-refractivity contribution in [3.05, 3.63) is 50.9 Å². The largest absolute Gasteiger partial charge is 0.492 e. The molecule has 0 fully saturated rings. The number of halogens is 2. The molecule has 0 saturated carbocycles. The molecule has 0 saturated heterocycles. The van der Waals surface area contributed by atoms with Gasteiger partial charge in [-0.3, -0.25) is 0 Å². The average Bonchev–Trinajstić information content (AvgIpc) is 2.53. The average molecular weight is 430 g/mol. The summed E-state index contributed by atoms with van der Waals surface area (Å²) in [7, 11) is 1.63. The topological polar surface area (TPSA) is 42.5 Å². The normalized spacial score (nSPS) is 10.4. The number of hydrazine groups is 1. The maximum absolute atomic E-state index is 5.64. The van der Waals surface area contributed by atoms with Crippen molar-refractivity contribution in [2.24, 2.45) is 0 Å². The van der Waals surface area contributed by atoms with Crippen LogP contribution in [-0.2, 0) is 6.54 Å². The van der Waals surface area contributed by atoms with E-state index in [1.807, 2.05) is 43.3 Å². The Morgan fingerprint density at radius 3 is 2.45 bits per heavy atom. The second-order valence-corrected chi connectivity index (χ2v) is 6.06. The molecule has 2 aromatic rings. The minimum atomic E-state index is 0.583. The van der Waals surface area contributed by atoms with E-state index in [2.05, 4.69) is 42.7 Å². The first-order valence-corrected chi connectivity index (χ1v) is 8.47. The third-order valence-electron chi connectivity index (χ3n) is 2.99. The van der Waals surface area contributed by atoms with Gasteiger partial charge in [0.05, 0.1) is 18.2 Å². The predicted octanol–water partition coefficient (Wildman–Crippen LogP) is 4.74. The van der Waals surface area contributed by atoms with Crippen LogP contribution < -0.4 is 20.3 Å². The van der Waals surface area contributed by atoms with Crippen LogP contribution in [-0.4, -0.2) is 13.7 Å². The summed E-state index contributed by atoms with van der Waals surface area (Å²) in [6.45, 7) is 3.15. The molecule has 118 valence electrons. The molecule has 4 nitrogen and oxygen atoms in total. The molecule has 0 aliphatic heterocycles. The highest BCUT2D eigenvalue weighted by Crippen LogP contribution is 2.42. The zero-order valence-corrected chi connectivity index (χ0v) is 15.6. The maximum atomic E-state index is 5.64. The lowest BCUT2D eigenvalue weighted by molar-refractivity contribution is 0.309. The molecular weight excluding hydrogens is 412 g/mol. The van der Waals surface area contributed by atoms with E-state index < -0.39 is 0 Å². The van der Waals surface area contributed by atoms with E-state index >= 15 is 0 Å². The maximum Gasteiger partial charge on any atom is 0.176 e. The van der Waals surface area contributed by atoms with Crippen LogP contribution in [0.2, 0.25) is 0 Å². The highest BCUT2D eigenvalue weighted by Gasteiger charge is 2.16. The van der Waals surface area contributed by atoms with Crippen LogP contribution in [0.1, 0.15) is 12.5 Å². The van der Waals surface area contributed by atoms with Crippen molar-refractivity contribution in [1.29, 1.82) is 0 Å². The lowest BCUT2D eigenvalue weighted by Crippen LogP contribution is -2.21. The highest BCUT2D eigenvalue weighted by molar-refractivity contribution is 9.13. The molecule has 0 unspecified atom stereocenters. The molecule has 2 rings (SSSR count). The van der Waals surface area contributed by atoms with Gasteiger partial charge in [-0.1, -0.05) is 18.2 Å². The molecule has 0 atom stereocenters. The molecular formula is C16H18Br2N2O2. The number of methoxy groups -OCH3 is 1. The van der Waals surface area contributed by atoms with Crippen molar-refractivity contribution < 1.29 is 9.47 Å². The Bertz CT molecular complexity index is 621. The zero-order chi connectivity index (χ0) is 15.9. The molecule has 0 bridgehead atoms. The van der Waals surface area contributed by atoms with Crippen LogP contribution in [0.25, 0.3) is 0 Å². The summed E-state index contributed by atoms with van der Waals surface area (Å²) < 4.78 is 12.8. The third kappa shape index (κ3) is 4.15. The molecule has 0 amide bonds. The van der Waals surface area contributed by atoms with E-state index in [0.29, 0.717) is 18.9 Å². The molecule has 0 spiro atoms. The van der Waals surface area contributed by atoms with Gasteiger partial charge in [-0.2, -0.15) is 0 Å². The first-order valence-electron chi connectivity index (χ1n) is 6.89. The SMILES string of the molecule is CCOc1cc(CNNc2ccccc2)c(Br)c(Br)c1OC. The lowest BCUT2D eigenvalue weighted by atomic mass is 10.2. The Labute approximate surface area is 147 Å². The van der Waals surface area contributed by atoms with Gasteiger partial charge in [-0.05, 0) is 62.5 Å². The number of rotatable bonds is 7. The predicted molar refractivity (Wildman–Crippen MR) is 96.5 cm³/mol. The number of hydrogen-bond donors (Lipinski definition) is 2. The Balaban J connectivity index is 2.13. The molecule has 0 aliphatic rings. The first-order chi connectivity index (χ1) is 10.7. The third-order valence-corrected chi connectivity index (χ3v) is 5.19. The molecule has 0 heterocycles. The summed E-state index contributed by atoms with van der Waals surface area (Å²) in [6, 6.07) is 11.9. The molecule has 6 heteroatoms. The smallest absolute Gasteiger partial charge is 0.176 e. The van der Waals surface area contributed by atoms with Crippen LogP contribution in [0, 0.1) is 0 Å². The summed E-state index contributed by atoms with van der Waals surface area (Å²) >= 11 is 7.14. The van der Waals surface area contributed by atoms with Gasteiger partial charge in [0.2, 0.25) is 0 Å². The molecule has 0 aliphatic carbocycles. The standard InChI is InChI=1S/C16H18Br2N2O2/c1-3-22-13-9-11(14(17)15(18)16(13)21-2)10-19-20-12-7-5-4-6-8-12/h4-9,19-20H,3,10H2,1-2H3. The van der Waals surface area contributed by atoms with Gasteiger partial charge in [-0.15, -0.1) is 0 Å². The fourth-order valence-corrected chi connectivity index (χ4v) is 3.03. The number of para-hydroxylation sites is 1. The van der Waals surface area contributed by atoms with E-state index in [1.54, 1.807) is 7.11 Å². The van der Waals surface area contributed by atoms with E-state index in [9.17, 15) is 0 Å². The Morgan fingerprint density at radius 2 is 1.82 bits per heavy atom. The summed E-state index contributed by atoms with van der Waals surface area (Å²) in [4.78, 5) is 0. The van der Waals surface area contributed by atoms with Crippen LogP contribution in [0.15, 0.2) is 45.3 Å². The van der Waals surface area contributed by atoms with Crippen LogP contribution in [0.3, 0.4) is 0 Å². The molecule has 0 radical (unpaired) electrons. The Kier molecular flexibility index (Phi) is 6.54. The van der Waals surface area contributed by atoms with Crippen molar-refractivity contribution in [3.63, 3.8) is 0 Å². The van der Waals surface area contributed by atoms with Gasteiger partial charge in [0.25, 0.3) is 0 Å². The van der Waals surface area contributed by atoms with Crippen molar-refractivity contribution in [2.45, 2.75) is 13.5 Å². The minimum absolute atomic E-state index is 0.583. The number of anilines is 1. The molecule has 2 N–H and O–H groups in total. The second kappa shape index (κ2) is 8.41. The lowest BCUT2D eigenvalue weighted by Gasteiger charge is -2.16. The van der Waals surface area contributed by atoms with E-state index in [4.69, 9.17) is 9.47 Å². The minimum Gasteiger partial charge on any atom is -0.492 e. The summed E-state index contributed by atoms with van der Waals surface area (Å²) in [5, 5.41) is 0. The van der Waals surface area contributed by atoms with E-state index in [-0.39, 0.29) is 0 Å². The summed E-state index contributed by atoms with van der Waals surface area (Å²) in [5.74, 6) is 1.41. The van der Waals surface area contributed by atoms with E-state index in [0.717, 1.165) is 25.9 Å². The number of benzene rings is 2. The van der Waals surface area contributed by atoms with Crippen LogP contribution >= 0.6 is 31.9 Å². The summed E-state index contributed by atoms with van der Waals surface area (Å²) in [5.41, 5.74) is 8.42. The van der Waals surface area contributed by atoms with Crippen LogP contribution in [0.4, 0.5) is 5.69 Å². The molecule has 22 heavy (non-hydrogen) atoms.